The maximum Gasteiger partial charge on any atom is 0.326 e. The number of aliphatic hydroxyl groups excluding tert-OH is 1. The third kappa shape index (κ3) is 35.9. The Labute approximate surface area is 764 Å². The quantitative estimate of drug-likeness (QED) is 0.0144. The van der Waals surface area contributed by atoms with Crippen LogP contribution in [0.3, 0.4) is 0 Å². The third-order valence-corrected chi connectivity index (χ3v) is 22.3. The van der Waals surface area contributed by atoms with Crippen molar-refractivity contribution in [2.45, 2.75) is 275 Å². The number of nitrogens with zero attached hydrogens (tertiary/aromatic N) is 2. The number of hydrogen-bond acceptors (Lipinski definition) is 23. The largest absolute Gasteiger partial charge is 0.508 e. The topological polar surface area (TPSA) is 757 Å². The molecule has 2 fully saturated rings. The molecule has 3 aromatic rings. The molecule has 2 aliphatic heterocycles. The minimum atomic E-state index is -2.01. The Morgan fingerprint density at radius 1 is 0.477 bits per heavy atom. The van der Waals surface area contributed by atoms with Crippen LogP contribution in [0.25, 0.3) is 10.9 Å². The fourth-order valence-corrected chi connectivity index (χ4v) is 15.1. The molecule has 31 N–H and O–H groups in total. The molecular formula is C86H134N24O22. The molecule has 5 rings (SSSR count). The number of nitrogens with two attached hydrogens (primary N) is 5. The van der Waals surface area contributed by atoms with Gasteiger partial charge in [-0.05, 0) is 150 Å². The number of likely N-dealkylation sites (tertiary alicyclic amines) is 2. The highest BCUT2D eigenvalue weighted by atomic mass is 16.4. The van der Waals surface area contributed by atoms with E-state index in [0.29, 0.717) is 28.5 Å². The lowest BCUT2D eigenvalue weighted by molar-refractivity contribution is -0.148. The summed E-state index contributed by atoms with van der Waals surface area (Å²) in [5, 5.41) is 92.1. The summed E-state index contributed by atoms with van der Waals surface area (Å²) in [4.78, 5) is 255. The van der Waals surface area contributed by atoms with Crippen molar-refractivity contribution in [1.82, 2.24) is 89.2 Å². The monoisotopic (exact) mass is 1860 g/mol. The van der Waals surface area contributed by atoms with Crippen LogP contribution in [-0.4, -0.2) is 277 Å². The average Bonchev–Trinajstić information content (AvgIpc) is 1.65. The minimum absolute atomic E-state index is 0.00290. The van der Waals surface area contributed by atoms with Gasteiger partial charge in [-0.1, -0.05) is 92.1 Å². The Bertz CT molecular complexity index is 4550. The number of phenolic OH excluding ortho intramolecular Hbond substituents is 1. The number of carboxylic acids is 2. The molecule has 3 heterocycles. The van der Waals surface area contributed by atoms with Gasteiger partial charge in [0.1, 0.15) is 90.3 Å². The molecule has 16 atom stereocenters. The highest BCUT2D eigenvalue weighted by Crippen LogP contribution is 2.28. The van der Waals surface area contributed by atoms with Gasteiger partial charge in [-0.3, -0.25) is 92.3 Å². The summed E-state index contributed by atoms with van der Waals surface area (Å²) >= 11 is 0. The molecule has 2 aromatic carbocycles. The van der Waals surface area contributed by atoms with Crippen LogP contribution in [-0.2, 0) is 99.1 Å². The Kier molecular flexibility index (Phi) is 44.5. The number of hydrogen-bond donors (Lipinski definition) is 26. The molecular weight excluding hydrogens is 1720 g/mol. The highest BCUT2D eigenvalue weighted by Gasteiger charge is 2.46. The SMILES string of the molecule is CC[C@H](C)[C@H](NC(=O)[C@H](Cc1c[nH]c2ccccc12)NC(=O)[C@H](CCCNC(=N)N)NC(=O)[C@H](CC(C)C)NC(=O)[C@H](C)NC(=O)[C@H](CC(=O)O)NC(=O)[C@H](CO)NC(=O)[C@@H]1CCCN1C(=O)[C@@H]1CCCN1C(=O)[C@H](CCC(N)=O)NC(=O)[C@@H](N)Cc1ccc(O)cc1)C(=O)N[C@@H](CC(C)C)C(=O)N[C@@H](CCCNC(=N)N)C(=O)N[C@@H](CC(C)C)C(=O)N[C@@H](CCC(N)=O)C(=O)O. The van der Waals surface area contributed by atoms with Crippen molar-refractivity contribution < 1.29 is 107 Å². The average molecular weight is 1860 g/mol. The second-order valence-corrected chi connectivity index (χ2v) is 34.6. The van der Waals surface area contributed by atoms with Crippen molar-refractivity contribution in [1.29, 1.82) is 10.8 Å². The summed E-state index contributed by atoms with van der Waals surface area (Å²) in [6.07, 6.45) is -0.587. The molecule has 0 radical (unpaired) electrons. The van der Waals surface area contributed by atoms with Gasteiger partial charge in [-0.15, -0.1) is 0 Å². The number of guanidine groups is 2. The molecule has 132 heavy (non-hydrogen) atoms. The number of aromatic nitrogens is 1. The van der Waals surface area contributed by atoms with E-state index in [-0.39, 0.29) is 159 Å². The zero-order chi connectivity index (χ0) is 98.5. The maximum atomic E-state index is 15.3. The van der Waals surface area contributed by atoms with E-state index < -0.39 is 228 Å². The van der Waals surface area contributed by atoms with Crippen LogP contribution in [0.1, 0.15) is 183 Å². The van der Waals surface area contributed by atoms with Crippen LogP contribution >= 0.6 is 0 Å². The summed E-state index contributed by atoms with van der Waals surface area (Å²) in [7, 11) is 0. The molecule has 0 aliphatic carbocycles. The molecule has 46 nitrogen and oxygen atoms in total. The van der Waals surface area contributed by atoms with E-state index >= 15 is 9.59 Å². The van der Waals surface area contributed by atoms with E-state index in [1.807, 2.05) is 0 Å². The number of rotatable bonds is 56. The van der Waals surface area contributed by atoms with Gasteiger partial charge in [0.2, 0.25) is 94.5 Å². The molecule has 46 heteroatoms. The first-order valence-electron chi connectivity index (χ1n) is 44.3. The smallest absolute Gasteiger partial charge is 0.326 e. The zero-order valence-electron chi connectivity index (χ0n) is 76.1. The first-order valence-corrected chi connectivity index (χ1v) is 44.3. The van der Waals surface area contributed by atoms with Crippen molar-refractivity contribution in [2.24, 2.45) is 52.3 Å². The van der Waals surface area contributed by atoms with E-state index in [9.17, 15) is 97.1 Å². The van der Waals surface area contributed by atoms with Crippen molar-refractivity contribution in [3.63, 3.8) is 0 Å². The molecule has 2 saturated heterocycles. The van der Waals surface area contributed by atoms with Crippen molar-refractivity contribution in [3.05, 3.63) is 65.9 Å². The number of aliphatic hydroxyl groups is 1. The van der Waals surface area contributed by atoms with Gasteiger partial charge in [0.25, 0.3) is 0 Å². The number of aromatic amines is 1. The number of benzene rings is 2. The summed E-state index contributed by atoms with van der Waals surface area (Å²) in [6, 6.07) is -9.56. The second-order valence-electron chi connectivity index (χ2n) is 34.6. The molecule has 0 saturated carbocycles. The van der Waals surface area contributed by atoms with E-state index in [2.05, 4.69) is 79.4 Å². The number of nitrogens with one attached hydrogen (secondary N) is 17. The van der Waals surface area contributed by atoms with Crippen LogP contribution in [0.5, 0.6) is 5.75 Å². The van der Waals surface area contributed by atoms with Crippen molar-refractivity contribution in [3.8, 4) is 5.75 Å². The van der Waals surface area contributed by atoms with Crippen LogP contribution < -0.4 is 103 Å². The molecule has 1 aromatic heterocycles. The number of aromatic hydroxyl groups is 1. The number of primary amides is 2. The summed E-state index contributed by atoms with van der Waals surface area (Å²) < 4.78 is 0. The fraction of sp³-hybridized carbons (Fsp3) is 0.605. The first kappa shape index (κ1) is 109. The predicted molar refractivity (Wildman–Crippen MR) is 480 cm³/mol. The van der Waals surface area contributed by atoms with E-state index in [1.165, 1.54) is 21.9 Å². The number of carbonyl (C=O) groups excluding carboxylic acids is 16. The lowest BCUT2D eigenvalue weighted by atomic mass is 9.95. The Morgan fingerprint density at radius 3 is 1.42 bits per heavy atom. The van der Waals surface area contributed by atoms with Gasteiger partial charge in [0.15, 0.2) is 11.9 Å². The molecule has 0 bridgehead atoms. The molecule has 16 amide bonds. The van der Waals surface area contributed by atoms with E-state index in [0.717, 1.165) is 6.92 Å². The molecule has 2 aliphatic rings. The number of carbonyl (C=O) groups is 18. The van der Waals surface area contributed by atoms with Crippen molar-refractivity contribution >= 4 is 129 Å². The Morgan fingerprint density at radius 2 is 0.917 bits per heavy atom. The van der Waals surface area contributed by atoms with Gasteiger partial charge >= 0.3 is 11.9 Å². The first-order chi connectivity index (χ1) is 62.2. The zero-order valence-corrected chi connectivity index (χ0v) is 76.1. The molecule has 0 unspecified atom stereocenters. The maximum absolute atomic E-state index is 15.3. The lowest BCUT2D eigenvalue weighted by Gasteiger charge is -2.33. The third-order valence-electron chi connectivity index (χ3n) is 22.3. The van der Waals surface area contributed by atoms with Gasteiger partial charge in [-0.2, -0.15) is 0 Å². The highest BCUT2D eigenvalue weighted by molar-refractivity contribution is 6.02. The van der Waals surface area contributed by atoms with Crippen LogP contribution in [0.2, 0.25) is 0 Å². The van der Waals surface area contributed by atoms with Gasteiger partial charge in [0.05, 0.1) is 19.1 Å². The lowest BCUT2D eigenvalue weighted by Crippen LogP contribution is -2.62. The number of para-hydroxylation sites is 1. The summed E-state index contributed by atoms with van der Waals surface area (Å²) in [5.41, 5.74) is 29.8. The summed E-state index contributed by atoms with van der Waals surface area (Å²) in [6.45, 7) is 13.8. The van der Waals surface area contributed by atoms with Crippen LogP contribution in [0, 0.1) is 34.5 Å². The van der Waals surface area contributed by atoms with Crippen molar-refractivity contribution in [2.75, 3.05) is 32.8 Å². The minimum Gasteiger partial charge on any atom is -0.508 e. The molecule has 730 valence electrons. The van der Waals surface area contributed by atoms with E-state index in [4.69, 9.17) is 39.5 Å². The summed E-state index contributed by atoms with van der Waals surface area (Å²) in [5.74, 6) is -20.4. The van der Waals surface area contributed by atoms with Gasteiger partial charge < -0.3 is 138 Å². The van der Waals surface area contributed by atoms with Crippen LogP contribution in [0.15, 0.2) is 54.7 Å². The fourth-order valence-electron chi connectivity index (χ4n) is 15.1. The Hall–Kier alpha value is -13.3. The standard InChI is InChI=1S/C86H134N24O22/c1-10-46(8)69(81(128)106-60(37-45(6)7)76(123)99-54(19-13-31-94-85(90)91)72(119)103-59(36-44(4)5)77(124)101-57(84(131)132)28-30-67(89)114)108-78(125)61(39-49-41-96-53-18-12-11-17-51(49)53)104-73(120)55(20-14-32-95-86(92)93)98-75(122)58(35-43(2)3)102-70(117)47(9)97-74(121)62(40-68(115)116)105-79(126)63(42-111)107-80(127)64-21-15-33-109(64)83(130)65-22-16-34-110(65)82(129)56(27-29-66(88)113)100-71(118)52(87)38-48-23-25-50(112)26-24-48/h11-12,17-18,23-26,41,43-47,52,54-65,69,96,111-112H,10,13-16,19-22,27-40,42,87H2,1-9H3,(H2,88,113)(H2,89,114)(H,97,121)(H,98,122)(H,99,123)(H,100,118)(H,101,124)(H,102,117)(H,103,119)(H,104,120)(H,105,126)(H,106,128)(H,107,127)(H,108,125)(H,115,116)(H,131,132)(H4,90,91,94)(H4,92,93,95)/t46-,47-,52-,54-,55-,56-,57-,58-,59-,60-,61-,62-,63-,64-,65-,69-/m0/s1. The van der Waals surface area contributed by atoms with E-state index in [1.54, 1.807) is 98.0 Å². The number of carboxylic acid groups (broad SMARTS) is 2. The predicted octanol–water partition coefficient (Wildman–Crippen LogP) is -4.40. The molecule has 0 spiro atoms. The second kappa shape index (κ2) is 53.7. The number of H-pyrrole nitrogens is 1. The number of fused-ring (bicyclic) bond motifs is 1. The Balaban J connectivity index is 1.35. The number of aliphatic carboxylic acids is 2. The van der Waals surface area contributed by atoms with Crippen LogP contribution in [0.4, 0.5) is 0 Å². The number of phenols is 1. The van der Waals surface area contributed by atoms with Gasteiger partial charge in [-0.25, -0.2) is 4.79 Å². The normalized spacial score (nSPS) is 16.8. The van der Waals surface area contributed by atoms with Gasteiger partial charge in [0, 0.05) is 62.5 Å². The number of amides is 16.